The molecule has 4 heteroatoms. The zero-order valence-electron chi connectivity index (χ0n) is 10.2. The monoisotopic (exact) mass is 236 g/mol. The first-order valence-electron chi connectivity index (χ1n) is 5.15. The fourth-order valence-corrected chi connectivity index (χ4v) is 1.75. The molecule has 1 aromatic rings. The van der Waals surface area contributed by atoms with Gasteiger partial charge in [0.25, 0.3) is 0 Å². The maximum absolute atomic E-state index is 11.1. The summed E-state index contributed by atoms with van der Waals surface area (Å²) in [6, 6.07) is 1.50. The van der Waals surface area contributed by atoms with E-state index in [2.05, 4.69) is 6.58 Å². The van der Waals surface area contributed by atoms with Crippen molar-refractivity contribution in [2.24, 2.45) is 0 Å². The summed E-state index contributed by atoms with van der Waals surface area (Å²) in [6.07, 6.45) is 0.310. The van der Waals surface area contributed by atoms with Crippen LogP contribution < -0.4 is 4.74 Å². The zero-order chi connectivity index (χ0) is 13.2. The van der Waals surface area contributed by atoms with E-state index in [4.69, 9.17) is 9.84 Å². The standard InChI is InChI=1S/C13H16O4/c1-7(2)5-9-10(13(15)16)6-8(3)12(17-4)11(9)14/h6,14H,1,5H2,2-4H3,(H,15,16). The molecule has 0 atom stereocenters. The molecule has 17 heavy (non-hydrogen) atoms. The molecule has 0 saturated heterocycles. The van der Waals surface area contributed by atoms with Gasteiger partial charge in [0.2, 0.25) is 0 Å². The number of phenolic OH excluding ortho intramolecular Hbond substituents is 1. The van der Waals surface area contributed by atoms with Crippen LogP contribution in [0.15, 0.2) is 18.2 Å². The number of hydrogen-bond donors (Lipinski definition) is 2. The fourth-order valence-electron chi connectivity index (χ4n) is 1.75. The Hall–Kier alpha value is -1.97. The average Bonchev–Trinajstić information content (AvgIpc) is 2.21. The van der Waals surface area contributed by atoms with E-state index in [1.165, 1.54) is 13.2 Å². The van der Waals surface area contributed by atoms with Crippen molar-refractivity contribution in [2.45, 2.75) is 20.3 Å². The van der Waals surface area contributed by atoms with E-state index >= 15 is 0 Å². The molecule has 0 aromatic heterocycles. The van der Waals surface area contributed by atoms with Crippen molar-refractivity contribution < 1.29 is 19.7 Å². The van der Waals surface area contributed by atoms with Gasteiger partial charge < -0.3 is 14.9 Å². The van der Waals surface area contributed by atoms with E-state index in [0.29, 0.717) is 23.3 Å². The third-order valence-corrected chi connectivity index (χ3v) is 2.46. The van der Waals surface area contributed by atoms with Crippen molar-refractivity contribution >= 4 is 5.97 Å². The van der Waals surface area contributed by atoms with Gasteiger partial charge in [-0.05, 0) is 31.9 Å². The van der Waals surface area contributed by atoms with Crippen LogP contribution in [0.4, 0.5) is 0 Å². The Labute approximate surface area is 100 Å². The van der Waals surface area contributed by atoms with E-state index in [0.717, 1.165) is 5.57 Å². The summed E-state index contributed by atoms with van der Waals surface area (Å²) in [5, 5.41) is 19.1. The van der Waals surface area contributed by atoms with Crippen LogP contribution in [0.5, 0.6) is 11.5 Å². The van der Waals surface area contributed by atoms with E-state index in [-0.39, 0.29) is 11.3 Å². The van der Waals surface area contributed by atoms with E-state index in [1.807, 2.05) is 0 Å². The summed E-state index contributed by atoms with van der Waals surface area (Å²) in [5.74, 6) is -0.874. The molecule has 0 heterocycles. The van der Waals surface area contributed by atoms with Crippen molar-refractivity contribution in [3.05, 3.63) is 34.9 Å². The number of ether oxygens (including phenoxy) is 1. The van der Waals surface area contributed by atoms with E-state index in [1.54, 1.807) is 13.8 Å². The van der Waals surface area contributed by atoms with Gasteiger partial charge >= 0.3 is 5.97 Å². The highest BCUT2D eigenvalue weighted by Crippen LogP contribution is 2.37. The molecule has 0 aliphatic carbocycles. The number of aromatic carboxylic acids is 1. The SMILES string of the molecule is C=C(C)Cc1c(C(=O)O)cc(C)c(OC)c1O. The van der Waals surface area contributed by atoms with E-state index in [9.17, 15) is 9.90 Å². The molecule has 0 amide bonds. The van der Waals surface area contributed by atoms with Crippen molar-refractivity contribution in [1.29, 1.82) is 0 Å². The van der Waals surface area contributed by atoms with Crippen molar-refractivity contribution in [1.82, 2.24) is 0 Å². The number of methoxy groups -OCH3 is 1. The second-order valence-corrected chi connectivity index (χ2v) is 4.04. The lowest BCUT2D eigenvalue weighted by Crippen LogP contribution is -2.05. The lowest BCUT2D eigenvalue weighted by molar-refractivity contribution is 0.0695. The van der Waals surface area contributed by atoms with Crippen LogP contribution in [0.2, 0.25) is 0 Å². The number of carboxylic acid groups (broad SMARTS) is 1. The van der Waals surface area contributed by atoms with Gasteiger partial charge in [0, 0.05) is 5.56 Å². The summed E-state index contributed by atoms with van der Waals surface area (Å²) < 4.78 is 5.06. The summed E-state index contributed by atoms with van der Waals surface area (Å²) in [5.41, 5.74) is 1.79. The molecule has 92 valence electrons. The molecular formula is C13H16O4. The number of carbonyl (C=O) groups is 1. The number of rotatable bonds is 4. The second kappa shape index (κ2) is 4.91. The highest BCUT2D eigenvalue weighted by molar-refractivity contribution is 5.91. The van der Waals surface area contributed by atoms with Crippen LogP contribution in [0.1, 0.15) is 28.4 Å². The maximum atomic E-state index is 11.1. The molecule has 0 saturated carbocycles. The maximum Gasteiger partial charge on any atom is 0.336 e. The minimum absolute atomic E-state index is 0.0869. The van der Waals surface area contributed by atoms with Gasteiger partial charge in [0.1, 0.15) is 0 Å². The van der Waals surface area contributed by atoms with Crippen LogP contribution in [0.25, 0.3) is 0 Å². The second-order valence-electron chi connectivity index (χ2n) is 4.04. The number of benzene rings is 1. The van der Waals surface area contributed by atoms with Crippen LogP contribution in [0, 0.1) is 6.92 Å². The van der Waals surface area contributed by atoms with Crippen LogP contribution in [-0.2, 0) is 6.42 Å². The minimum Gasteiger partial charge on any atom is -0.504 e. The predicted molar refractivity (Wildman–Crippen MR) is 64.9 cm³/mol. The molecule has 0 aliphatic rings. The number of hydrogen-bond acceptors (Lipinski definition) is 3. The van der Waals surface area contributed by atoms with Crippen LogP contribution in [0.3, 0.4) is 0 Å². The Morgan fingerprint density at radius 1 is 1.53 bits per heavy atom. The highest BCUT2D eigenvalue weighted by Gasteiger charge is 2.20. The van der Waals surface area contributed by atoms with Gasteiger partial charge in [0.15, 0.2) is 11.5 Å². The number of aromatic hydroxyl groups is 1. The summed E-state index contributed by atoms with van der Waals surface area (Å²) in [6.45, 7) is 7.19. The first-order chi connectivity index (χ1) is 7.88. The summed E-state index contributed by atoms with van der Waals surface area (Å²) in [4.78, 5) is 11.1. The van der Waals surface area contributed by atoms with Crippen molar-refractivity contribution in [2.75, 3.05) is 7.11 Å². The molecule has 0 unspecified atom stereocenters. The van der Waals surface area contributed by atoms with Gasteiger partial charge in [-0.3, -0.25) is 0 Å². The molecule has 1 rings (SSSR count). The van der Waals surface area contributed by atoms with Crippen LogP contribution in [-0.4, -0.2) is 23.3 Å². The minimum atomic E-state index is -1.07. The Bertz CT molecular complexity index is 475. The number of allylic oxidation sites excluding steroid dienone is 1. The van der Waals surface area contributed by atoms with Gasteiger partial charge in [-0.2, -0.15) is 0 Å². The van der Waals surface area contributed by atoms with Crippen molar-refractivity contribution in [3.8, 4) is 11.5 Å². The molecule has 0 bridgehead atoms. The lowest BCUT2D eigenvalue weighted by Gasteiger charge is -2.14. The van der Waals surface area contributed by atoms with Gasteiger partial charge in [-0.1, -0.05) is 12.2 Å². The van der Waals surface area contributed by atoms with E-state index < -0.39 is 5.97 Å². The quantitative estimate of drug-likeness (QED) is 0.788. The topological polar surface area (TPSA) is 66.8 Å². The third-order valence-electron chi connectivity index (χ3n) is 2.46. The molecule has 1 aromatic carbocycles. The largest absolute Gasteiger partial charge is 0.504 e. The van der Waals surface area contributed by atoms with Gasteiger partial charge in [0.05, 0.1) is 12.7 Å². The summed E-state index contributed by atoms with van der Waals surface area (Å²) in [7, 11) is 1.44. The first kappa shape index (κ1) is 13.1. The Morgan fingerprint density at radius 3 is 2.53 bits per heavy atom. The number of aryl methyl sites for hydroxylation is 1. The molecule has 0 radical (unpaired) electrons. The molecule has 0 fully saturated rings. The zero-order valence-corrected chi connectivity index (χ0v) is 10.2. The lowest BCUT2D eigenvalue weighted by atomic mass is 9.97. The van der Waals surface area contributed by atoms with Crippen molar-refractivity contribution in [3.63, 3.8) is 0 Å². The predicted octanol–water partition coefficient (Wildman–Crippen LogP) is 2.53. The Morgan fingerprint density at radius 2 is 2.12 bits per heavy atom. The Kier molecular flexibility index (Phi) is 3.78. The third kappa shape index (κ3) is 2.58. The molecular weight excluding hydrogens is 220 g/mol. The molecule has 0 aliphatic heterocycles. The Balaban J connectivity index is 3.50. The van der Waals surface area contributed by atoms with Gasteiger partial charge in [-0.15, -0.1) is 0 Å². The number of carboxylic acids is 1. The first-order valence-corrected chi connectivity index (χ1v) is 5.15. The van der Waals surface area contributed by atoms with Gasteiger partial charge in [-0.25, -0.2) is 4.79 Å². The normalized spacial score (nSPS) is 10.1. The molecule has 4 nitrogen and oxygen atoms in total. The highest BCUT2D eigenvalue weighted by atomic mass is 16.5. The molecule has 2 N–H and O–H groups in total. The molecule has 0 spiro atoms. The summed E-state index contributed by atoms with van der Waals surface area (Å²) >= 11 is 0. The fraction of sp³-hybridized carbons (Fsp3) is 0.308. The van der Waals surface area contributed by atoms with Crippen LogP contribution >= 0.6 is 0 Å². The number of phenols is 1. The smallest absolute Gasteiger partial charge is 0.336 e. The average molecular weight is 236 g/mol.